The number of hydrogen-bond donors (Lipinski definition) is 2. The molecule has 4 heterocycles. The van der Waals surface area contributed by atoms with Gasteiger partial charge in [0.1, 0.15) is 27.9 Å². The molecule has 8 nitrogen and oxygen atoms in total. The highest BCUT2D eigenvalue weighted by molar-refractivity contribution is 8.25. The zero-order valence-electron chi connectivity index (χ0n) is 20.2. The van der Waals surface area contributed by atoms with Crippen molar-refractivity contribution in [2.45, 2.75) is 48.6 Å². The van der Waals surface area contributed by atoms with Crippen molar-refractivity contribution in [1.29, 1.82) is 0 Å². The smallest absolute Gasteiger partial charge is 0.374 e. The van der Waals surface area contributed by atoms with E-state index in [1.165, 1.54) is 37.4 Å². The Kier molecular flexibility index (Phi) is 5.55. The van der Waals surface area contributed by atoms with E-state index >= 15 is 7.77 Å². The molecule has 7 rings (SSSR count). The van der Waals surface area contributed by atoms with E-state index in [1.807, 2.05) is 4.57 Å². The van der Waals surface area contributed by atoms with Crippen molar-refractivity contribution < 1.29 is 22.4 Å². The van der Waals surface area contributed by atoms with Crippen LogP contribution >= 0.6 is 10.8 Å². The Hall–Kier alpha value is -3.73. The first kappa shape index (κ1) is 23.7. The van der Waals surface area contributed by atoms with E-state index in [2.05, 4.69) is 27.2 Å². The van der Waals surface area contributed by atoms with E-state index in [0.717, 1.165) is 24.8 Å². The number of ether oxygens (including phenoxy) is 1. The van der Waals surface area contributed by atoms with Crippen molar-refractivity contribution in [1.82, 2.24) is 19.5 Å². The fourth-order valence-electron chi connectivity index (χ4n) is 4.97. The summed E-state index contributed by atoms with van der Waals surface area (Å²) in [5.41, 5.74) is 1.85. The molecule has 1 aliphatic carbocycles. The summed E-state index contributed by atoms with van der Waals surface area (Å²) < 4.78 is 38.5. The van der Waals surface area contributed by atoms with Crippen molar-refractivity contribution in [3.8, 4) is 17.1 Å². The van der Waals surface area contributed by atoms with Crippen LogP contribution in [0.2, 0.25) is 0 Å². The summed E-state index contributed by atoms with van der Waals surface area (Å²) in [5, 5.41) is 13.1. The molecule has 2 aliphatic heterocycles. The minimum absolute atomic E-state index is 0.0251. The first-order valence-corrected chi connectivity index (χ1v) is 13.5. The van der Waals surface area contributed by atoms with Crippen LogP contribution in [0.3, 0.4) is 0 Å². The standard InChI is InChI=1S/C26H25F2N5O3S/c1-14(16-4-3-5-16)29-22-21-23(31-24(30-22)26(34)35)32-25-19-12-18(10-11-20(19)36-2)37(27,28)17-8-6-15(7-9-17)13-33(21)25/h6-12,14,16H,3-5,13H2,1-2H3,(H,34,35)(H,29,30,31)/t14-/m1/s1. The molecule has 0 amide bonds. The molecule has 11 heteroatoms. The summed E-state index contributed by atoms with van der Waals surface area (Å²) in [6, 6.07) is 10.7. The number of imidazole rings is 1. The van der Waals surface area contributed by atoms with Gasteiger partial charge in [0.15, 0.2) is 11.5 Å². The highest BCUT2D eigenvalue weighted by Gasteiger charge is 2.32. The number of halogens is 2. The number of carboxylic acids is 1. The van der Waals surface area contributed by atoms with Crippen LogP contribution < -0.4 is 10.1 Å². The lowest BCUT2D eigenvalue weighted by Gasteiger charge is -2.32. The molecule has 0 saturated heterocycles. The Labute approximate surface area is 213 Å². The zero-order valence-corrected chi connectivity index (χ0v) is 21.1. The van der Waals surface area contributed by atoms with Gasteiger partial charge in [-0.2, -0.15) is 0 Å². The predicted molar refractivity (Wildman–Crippen MR) is 137 cm³/mol. The minimum Gasteiger partial charge on any atom is -0.496 e. The molecule has 1 saturated carbocycles. The van der Waals surface area contributed by atoms with Crippen LogP contribution in [0.25, 0.3) is 22.6 Å². The highest BCUT2D eigenvalue weighted by atomic mass is 32.3. The average molecular weight is 526 g/mol. The quantitative estimate of drug-likeness (QED) is 0.322. The van der Waals surface area contributed by atoms with Gasteiger partial charge in [-0.05, 0) is 61.6 Å². The van der Waals surface area contributed by atoms with Gasteiger partial charge >= 0.3 is 5.97 Å². The topological polar surface area (TPSA) is 102 Å². The van der Waals surface area contributed by atoms with Gasteiger partial charge in [-0.3, -0.25) is 0 Å². The Bertz CT molecular complexity index is 1540. The highest BCUT2D eigenvalue weighted by Crippen LogP contribution is 2.66. The minimum atomic E-state index is -4.28. The Morgan fingerprint density at radius 3 is 2.51 bits per heavy atom. The summed E-state index contributed by atoms with van der Waals surface area (Å²) in [5.74, 6) is -0.110. The summed E-state index contributed by atoms with van der Waals surface area (Å²) in [6.07, 6.45) is 3.34. The van der Waals surface area contributed by atoms with E-state index in [0.29, 0.717) is 40.9 Å². The number of fused-ring (bicyclic) bond motifs is 3. The summed E-state index contributed by atoms with van der Waals surface area (Å²) in [7, 11) is -2.80. The van der Waals surface area contributed by atoms with E-state index in [-0.39, 0.29) is 27.3 Å². The van der Waals surface area contributed by atoms with Crippen molar-refractivity contribution in [3.05, 3.63) is 53.9 Å². The number of aromatic carboxylic acids is 1. The van der Waals surface area contributed by atoms with Gasteiger partial charge in [0.2, 0.25) is 5.82 Å². The van der Waals surface area contributed by atoms with Gasteiger partial charge in [-0.15, -0.1) is 7.77 Å². The van der Waals surface area contributed by atoms with Crippen LogP contribution in [0, 0.1) is 5.92 Å². The van der Waals surface area contributed by atoms with E-state index in [1.54, 1.807) is 12.1 Å². The largest absolute Gasteiger partial charge is 0.496 e. The third kappa shape index (κ3) is 3.88. The summed E-state index contributed by atoms with van der Waals surface area (Å²) in [6.45, 7) is 2.35. The molecule has 192 valence electrons. The molecule has 4 bridgehead atoms. The second-order valence-electron chi connectivity index (χ2n) is 9.49. The van der Waals surface area contributed by atoms with Crippen molar-refractivity contribution in [2.24, 2.45) is 5.92 Å². The van der Waals surface area contributed by atoms with Crippen LogP contribution in [0.5, 0.6) is 5.75 Å². The molecular weight excluding hydrogens is 500 g/mol. The first-order valence-electron chi connectivity index (χ1n) is 12.0. The fourth-order valence-corrected chi connectivity index (χ4v) is 6.23. The van der Waals surface area contributed by atoms with Gasteiger partial charge in [-0.1, -0.05) is 18.6 Å². The SMILES string of the molecule is COc1ccc2cc1-c1nc3nc(C(=O)O)nc(N[C@H](C)C4CCC4)c3n1Cc1ccc(cc1)S2(F)F. The monoisotopic (exact) mass is 525 g/mol. The Morgan fingerprint density at radius 2 is 1.86 bits per heavy atom. The normalized spacial score (nSPS) is 17.8. The molecule has 2 N–H and O–H groups in total. The second kappa shape index (κ2) is 8.69. The lowest BCUT2D eigenvalue weighted by Crippen LogP contribution is -2.31. The number of anilines is 1. The van der Waals surface area contributed by atoms with Crippen LogP contribution in [-0.2, 0) is 6.54 Å². The van der Waals surface area contributed by atoms with Crippen LogP contribution in [0.4, 0.5) is 13.6 Å². The molecule has 0 unspecified atom stereocenters. The van der Waals surface area contributed by atoms with Gasteiger partial charge < -0.3 is 19.7 Å². The van der Waals surface area contributed by atoms with E-state index in [4.69, 9.17) is 4.74 Å². The molecule has 2 aromatic heterocycles. The number of methoxy groups -OCH3 is 1. The second-order valence-corrected chi connectivity index (χ2v) is 11.4. The summed E-state index contributed by atoms with van der Waals surface area (Å²) in [4.78, 5) is 25.0. The summed E-state index contributed by atoms with van der Waals surface area (Å²) >= 11 is 0. The van der Waals surface area contributed by atoms with Gasteiger partial charge in [0, 0.05) is 12.6 Å². The number of nitrogens with one attached hydrogen (secondary N) is 1. The number of carboxylic acid groups (broad SMARTS) is 1. The third-order valence-corrected chi connectivity index (χ3v) is 8.99. The molecule has 3 aliphatic rings. The zero-order chi connectivity index (χ0) is 25.9. The number of carbonyl (C=O) groups is 1. The Balaban J connectivity index is 1.65. The number of rotatable bonds is 5. The van der Waals surface area contributed by atoms with Gasteiger partial charge in [0.05, 0.1) is 22.5 Å². The molecule has 1 atom stereocenters. The first-order chi connectivity index (χ1) is 17.8. The molecule has 37 heavy (non-hydrogen) atoms. The maximum absolute atomic E-state index is 15.6. The number of nitrogens with zero attached hydrogens (tertiary/aromatic N) is 4. The fraction of sp³-hybridized carbons (Fsp3) is 0.308. The lowest BCUT2D eigenvalue weighted by molar-refractivity contribution is 0.0684. The van der Waals surface area contributed by atoms with E-state index in [9.17, 15) is 9.90 Å². The van der Waals surface area contributed by atoms with Crippen molar-refractivity contribution in [2.75, 3.05) is 12.4 Å². The molecule has 0 spiro atoms. The molecule has 4 aromatic rings. The third-order valence-electron chi connectivity index (χ3n) is 7.28. The van der Waals surface area contributed by atoms with Crippen LogP contribution in [0.1, 0.15) is 42.4 Å². The maximum atomic E-state index is 15.6. The predicted octanol–water partition coefficient (Wildman–Crippen LogP) is 6.15. The van der Waals surface area contributed by atoms with Gasteiger partial charge in [-0.25, -0.2) is 19.7 Å². The van der Waals surface area contributed by atoms with Crippen LogP contribution in [-0.4, -0.2) is 43.7 Å². The number of hydrogen-bond acceptors (Lipinski definition) is 6. The molecular formula is C26H25F2N5O3S. The number of aromatic nitrogens is 4. The van der Waals surface area contributed by atoms with Crippen molar-refractivity contribution >= 4 is 33.8 Å². The molecule has 2 aromatic carbocycles. The molecule has 1 fully saturated rings. The number of benzene rings is 2. The maximum Gasteiger partial charge on any atom is 0.374 e. The molecule has 0 radical (unpaired) electrons. The Morgan fingerprint density at radius 1 is 1.14 bits per heavy atom. The van der Waals surface area contributed by atoms with E-state index < -0.39 is 16.8 Å². The average Bonchev–Trinajstić information content (AvgIpc) is 3.20. The van der Waals surface area contributed by atoms with Crippen LogP contribution in [0.15, 0.2) is 52.3 Å². The lowest BCUT2D eigenvalue weighted by atomic mass is 9.80. The van der Waals surface area contributed by atoms with Gasteiger partial charge in [0.25, 0.3) is 0 Å². The van der Waals surface area contributed by atoms with Crippen molar-refractivity contribution in [3.63, 3.8) is 0 Å².